The summed E-state index contributed by atoms with van der Waals surface area (Å²) >= 11 is 0. The lowest BCUT2D eigenvalue weighted by molar-refractivity contribution is -0.112. The van der Waals surface area contributed by atoms with Crippen LogP contribution in [-0.4, -0.2) is 40.5 Å². The summed E-state index contributed by atoms with van der Waals surface area (Å²) in [6, 6.07) is 10.7. The molecule has 166 valence electrons. The van der Waals surface area contributed by atoms with Crippen LogP contribution >= 0.6 is 0 Å². The Morgan fingerprint density at radius 1 is 1.03 bits per heavy atom. The summed E-state index contributed by atoms with van der Waals surface area (Å²) < 4.78 is 31.9. The van der Waals surface area contributed by atoms with Gasteiger partial charge in [-0.15, -0.1) is 0 Å². The minimum atomic E-state index is -3.89. The molecule has 0 unspecified atom stereocenters. The van der Waals surface area contributed by atoms with Crippen molar-refractivity contribution in [1.29, 1.82) is 5.26 Å². The van der Waals surface area contributed by atoms with E-state index in [0.29, 0.717) is 0 Å². The summed E-state index contributed by atoms with van der Waals surface area (Å²) in [4.78, 5) is 36.0. The zero-order valence-electron chi connectivity index (χ0n) is 16.9. The number of sulfonamides is 1. The molecule has 11 nitrogen and oxygen atoms in total. The number of esters is 2. The van der Waals surface area contributed by atoms with E-state index in [2.05, 4.69) is 20.1 Å². The Bertz CT molecular complexity index is 1230. The highest BCUT2D eigenvalue weighted by Crippen LogP contribution is 2.20. The Kier molecular flexibility index (Phi) is 7.67. The molecule has 0 saturated carbocycles. The first kappa shape index (κ1) is 24.1. The summed E-state index contributed by atoms with van der Waals surface area (Å²) in [5.74, 6) is -2.18. The number of benzene rings is 2. The average molecular weight is 458 g/mol. The Morgan fingerprint density at radius 3 is 2.19 bits per heavy atom. The van der Waals surface area contributed by atoms with Gasteiger partial charge in [0.1, 0.15) is 11.6 Å². The van der Waals surface area contributed by atoms with Crippen LogP contribution in [0.5, 0.6) is 0 Å². The molecule has 2 aromatic carbocycles. The van der Waals surface area contributed by atoms with Crippen LogP contribution in [0, 0.1) is 11.3 Å². The maximum Gasteiger partial charge on any atom is 0.339 e. The Labute approximate surface area is 183 Å². The van der Waals surface area contributed by atoms with Gasteiger partial charge in [0.15, 0.2) is 0 Å². The molecule has 1 amide bonds. The number of hydrogen-bond acceptors (Lipinski definition) is 9. The van der Waals surface area contributed by atoms with E-state index in [-0.39, 0.29) is 33.0 Å². The van der Waals surface area contributed by atoms with Gasteiger partial charge in [-0.05, 0) is 42.5 Å². The van der Waals surface area contributed by atoms with Crippen molar-refractivity contribution in [2.45, 2.75) is 4.90 Å². The molecule has 2 aromatic rings. The number of carbonyl (C=O) groups excluding carboxylic acids is 3. The van der Waals surface area contributed by atoms with E-state index in [1.54, 1.807) is 6.07 Å². The molecule has 12 heteroatoms. The van der Waals surface area contributed by atoms with Crippen LogP contribution in [0.25, 0.3) is 0 Å². The lowest BCUT2D eigenvalue weighted by atomic mass is 10.1. The summed E-state index contributed by atoms with van der Waals surface area (Å²) in [5.41, 5.74) is 0.103. The van der Waals surface area contributed by atoms with E-state index in [1.165, 1.54) is 56.7 Å². The largest absolute Gasteiger partial charge is 0.465 e. The van der Waals surface area contributed by atoms with Crippen LogP contribution in [0.2, 0.25) is 0 Å². The monoisotopic (exact) mass is 458 g/mol. The third-order valence-electron chi connectivity index (χ3n) is 4.02. The van der Waals surface area contributed by atoms with Crippen LogP contribution in [0.3, 0.4) is 0 Å². The van der Waals surface area contributed by atoms with Crippen molar-refractivity contribution in [3.63, 3.8) is 0 Å². The third kappa shape index (κ3) is 5.91. The van der Waals surface area contributed by atoms with Gasteiger partial charge in [0.2, 0.25) is 10.0 Å². The maximum absolute atomic E-state index is 12.4. The number of amides is 1. The molecular formula is C20H18N4O7S. The van der Waals surface area contributed by atoms with Crippen LogP contribution in [0.1, 0.15) is 20.7 Å². The molecule has 2 rings (SSSR count). The van der Waals surface area contributed by atoms with Gasteiger partial charge in [-0.1, -0.05) is 0 Å². The number of nitriles is 1. The van der Waals surface area contributed by atoms with Crippen molar-refractivity contribution >= 4 is 39.2 Å². The molecule has 0 saturated heterocycles. The number of hydrogen-bond donors (Lipinski definition) is 3. The van der Waals surface area contributed by atoms with Crippen molar-refractivity contribution in [1.82, 2.24) is 0 Å². The molecule has 32 heavy (non-hydrogen) atoms. The van der Waals surface area contributed by atoms with Gasteiger partial charge in [0.25, 0.3) is 5.91 Å². The lowest BCUT2D eigenvalue weighted by Gasteiger charge is -2.10. The third-order valence-corrected chi connectivity index (χ3v) is 4.95. The first-order valence-corrected chi connectivity index (χ1v) is 10.3. The summed E-state index contributed by atoms with van der Waals surface area (Å²) in [6.07, 6.45) is 1.04. The summed E-state index contributed by atoms with van der Waals surface area (Å²) in [7, 11) is -1.53. The van der Waals surface area contributed by atoms with E-state index in [0.717, 1.165) is 6.20 Å². The number of primary sulfonamides is 1. The Balaban J connectivity index is 2.28. The quantitative estimate of drug-likeness (QED) is 0.314. The van der Waals surface area contributed by atoms with E-state index in [1.807, 2.05) is 0 Å². The highest BCUT2D eigenvalue weighted by atomic mass is 32.2. The zero-order valence-corrected chi connectivity index (χ0v) is 17.7. The number of nitrogens with two attached hydrogens (primary N) is 1. The number of nitrogens with one attached hydrogen (secondary N) is 2. The van der Waals surface area contributed by atoms with Crippen molar-refractivity contribution < 1.29 is 32.3 Å². The topological polar surface area (TPSA) is 178 Å². The second-order valence-electron chi connectivity index (χ2n) is 6.08. The Morgan fingerprint density at radius 2 is 1.66 bits per heavy atom. The SMILES string of the molecule is COC(=O)c1ccc(C(=O)OC)c(N/C=C(/C#N)C(=O)Nc2ccc(S(N)(=O)=O)cc2)c1. The van der Waals surface area contributed by atoms with Gasteiger partial charge in [-0.3, -0.25) is 4.79 Å². The smallest absolute Gasteiger partial charge is 0.339 e. The molecule has 0 aromatic heterocycles. The van der Waals surface area contributed by atoms with Crippen molar-refractivity contribution in [3.8, 4) is 6.07 Å². The number of rotatable bonds is 7. The van der Waals surface area contributed by atoms with Gasteiger partial charge >= 0.3 is 11.9 Å². The first-order valence-electron chi connectivity index (χ1n) is 8.72. The first-order chi connectivity index (χ1) is 15.1. The number of nitrogens with zero attached hydrogens (tertiary/aromatic N) is 1. The molecule has 4 N–H and O–H groups in total. The zero-order chi connectivity index (χ0) is 23.9. The highest BCUT2D eigenvalue weighted by Gasteiger charge is 2.16. The maximum atomic E-state index is 12.4. The van der Waals surface area contributed by atoms with Crippen molar-refractivity contribution in [3.05, 3.63) is 65.4 Å². The highest BCUT2D eigenvalue weighted by molar-refractivity contribution is 7.89. The Hall–Kier alpha value is -4.21. The normalized spacial score (nSPS) is 11.1. The van der Waals surface area contributed by atoms with Crippen LogP contribution in [0.15, 0.2) is 59.1 Å². The minimum Gasteiger partial charge on any atom is -0.465 e. The van der Waals surface area contributed by atoms with Gasteiger partial charge in [0.05, 0.1) is 35.9 Å². The molecule has 0 fully saturated rings. The summed E-state index contributed by atoms with van der Waals surface area (Å²) in [6.45, 7) is 0. The van der Waals surface area contributed by atoms with Gasteiger partial charge in [-0.25, -0.2) is 23.1 Å². The molecule has 0 bridgehead atoms. The van der Waals surface area contributed by atoms with Crippen LogP contribution in [0.4, 0.5) is 11.4 Å². The molecule has 0 radical (unpaired) electrons. The molecule has 0 aliphatic heterocycles. The number of ether oxygens (including phenoxy) is 2. The molecule has 0 spiro atoms. The average Bonchev–Trinajstić information content (AvgIpc) is 2.78. The van der Waals surface area contributed by atoms with Crippen LogP contribution in [-0.2, 0) is 24.3 Å². The fraction of sp³-hybridized carbons (Fsp3) is 0.100. The van der Waals surface area contributed by atoms with Crippen LogP contribution < -0.4 is 15.8 Å². The molecular weight excluding hydrogens is 440 g/mol. The predicted octanol–water partition coefficient (Wildman–Crippen LogP) is 1.37. The fourth-order valence-electron chi connectivity index (χ4n) is 2.42. The van der Waals surface area contributed by atoms with Crippen molar-refractivity contribution in [2.24, 2.45) is 5.14 Å². The lowest BCUT2D eigenvalue weighted by Crippen LogP contribution is -2.16. The molecule has 0 heterocycles. The second-order valence-corrected chi connectivity index (χ2v) is 7.64. The van der Waals surface area contributed by atoms with E-state index in [4.69, 9.17) is 5.14 Å². The number of anilines is 2. The molecule has 0 atom stereocenters. The van der Waals surface area contributed by atoms with Gasteiger partial charge in [-0.2, -0.15) is 5.26 Å². The van der Waals surface area contributed by atoms with E-state index < -0.39 is 27.9 Å². The fourth-order valence-corrected chi connectivity index (χ4v) is 2.94. The number of methoxy groups -OCH3 is 2. The van der Waals surface area contributed by atoms with E-state index >= 15 is 0 Å². The molecule has 0 aliphatic carbocycles. The standard InChI is InChI=1S/C20H18N4O7S/c1-30-19(26)12-3-8-16(20(27)31-2)17(9-12)23-11-13(10-21)18(25)24-14-4-6-15(7-5-14)32(22,28)29/h3-9,11,23H,1-2H3,(H,24,25)(H2,22,28,29)/b13-11-. The predicted molar refractivity (Wildman–Crippen MR) is 113 cm³/mol. The summed E-state index contributed by atoms with van der Waals surface area (Å²) in [5, 5.41) is 19.4. The second kappa shape index (κ2) is 10.2. The van der Waals surface area contributed by atoms with Crippen molar-refractivity contribution in [2.75, 3.05) is 24.9 Å². The number of carbonyl (C=O) groups is 3. The minimum absolute atomic E-state index is 0.0488. The molecule has 0 aliphatic rings. The van der Waals surface area contributed by atoms with Gasteiger partial charge in [0, 0.05) is 11.9 Å². The van der Waals surface area contributed by atoms with E-state index in [9.17, 15) is 28.1 Å². The van der Waals surface area contributed by atoms with Gasteiger partial charge < -0.3 is 20.1 Å².